The summed E-state index contributed by atoms with van der Waals surface area (Å²) >= 11 is 0. The first-order valence-electron chi connectivity index (χ1n) is 5.55. The highest BCUT2D eigenvalue weighted by Crippen LogP contribution is 2.13. The molecule has 4 heteroatoms. The van der Waals surface area contributed by atoms with E-state index in [1.165, 1.54) is 0 Å². The van der Waals surface area contributed by atoms with E-state index in [1.54, 1.807) is 30.5 Å². The third kappa shape index (κ3) is 3.59. The van der Waals surface area contributed by atoms with Crippen LogP contribution in [0, 0.1) is 0 Å². The Morgan fingerprint density at radius 2 is 1.94 bits per heavy atom. The van der Waals surface area contributed by atoms with Crippen LogP contribution in [0.4, 0.5) is 0 Å². The van der Waals surface area contributed by atoms with Gasteiger partial charge in [0.25, 0.3) is 0 Å². The van der Waals surface area contributed by atoms with E-state index < -0.39 is 5.97 Å². The Balaban J connectivity index is 1.92. The van der Waals surface area contributed by atoms with Crippen LogP contribution in [-0.2, 0) is 17.8 Å². The van der Waals surface area contributed by atoms with Gasteiger partial charge in [-0.05, 0) is 29.8 Å². The van der Waals surface area contributed by atoms with Gasteiger partial charge in [-0.1, -0.05) is 18.2 Å². The van der Waals surface area contributed by atoms with Gasteiger partial charge in [0.2, 0.25) is 0 Å². The number of carboxylic acid groups (broad SMARTS) is 1. The average Bonchev–Trinajstić information content (AvgIpc) is 2.38. The van der Waals surface area contributed by atoms with E-state index >= 15 is 0 Å². The maximum atomic E-state index is 10.4. The summed E-state index contributed by atoms with van der Waals surface area (Å²) in [7, 11) is 0. The fourth-order valence-corrected chi connectivity index (χ4v) is 1.51. The normalized spacial score (nSPS) is 10.0. The number of ether oxygens (including phenoxy) is 1. The molecule has 2 aromatic rings. The predicted octanol–water partition coefficient (Wildman–Crippen LogP) is 0.953. The summed E-state index contributed by atoms with van der Waals surface area (Å²) in [6.45, 7) is 0.390. The molecular formula is C14H12NO3-. The van der Waals surface area contributed by atoms with Crippen molar-refractivity contribution in [3.05, 3.63) is 59.9 Å². The maximum Gasteiger partial charge on any atom is 0.130 e. The van der Waals surface area contributed by atoms with E-state index in [2.05, 4.69) is 4.98 Å². The SMILES string of the molecule is O=C([O-])Cc1ccc(OCc2ccccn2)cc1. The Hall–Kier alpha value is -2.36. The predicted molar refractivity (Wildman–Crippen MR) is 63.7 cm³/mol. The number of carboxylic acids is 1. The summed E-state index contributed by atoms with van der Waals surface area (Å²) in [5, 5.41) is 10.4. The molecule has 4 nitrogen and oxygen atoms in total. The molecule has 0 aliphatic rings. The van der Waals surface area contributed by atoms with Crippen LogP contribution >= 0.6 is 0 Å². The van der Waals surface area contributed by atoms with Crippen LogP contribution in [0.25, 0.3) is 0 Å². The fraction of sp³-hybridized carbons (Fsp3) is 0.143. The Kier molecular flexibility index (Phi) is 3.91. The van der Waals surface area contributed by atoms with Gasteiger partial charge in [-0.3, -0.25) is 4.98 Å². The first-order valence-corrected chi connectivity index (χ1v) is 5.55. The second-order valence-electron chi connectivity index (χ2n) is 3.80. The van der Waals surface area contributed by atoms with E-state index in [9.17, 15) is 9.90 Å². The van der Waals surface area contributed by atoms with E-state index in [-0.39, 0.29) is 6.42 Å². The number of benzene rings is 1. The summed E-state index contributed by atoms with van der Waals surface area (Å²) in [6.07, 6.45) is 1.63. The molecule has 0 unspecified atom stereocenters. The molecule has 0 saturated heterocycles. The zero-order chi connectivity index (χ0) is 12.8. The van der Waals surface area contributed by atoms with Gasteiger partial charge in [0.1, 0.15) is 12.4 Å². The van der Waals surface area contributed by atoms with Gasteiger partial charge < -0.3 is 14.6 Å². The first kappa shape index (κ1) is 12.1. The Labute approximate surface area is 105 Å². The largest absolute Gasteiger partial charge is 0.550 e. The number of nitrogens with zero attached hydrogens (tertiary/aromatic N) is 1. The molecule has 0 spiro atoms. The van der Waals surface area contributed by atoms with E-state index in [0.717, 1.165) is 5.69 Å². The molecule has 18 heavy (non-hydrogen) atoms. The monoisotopic (exact) mass is 242 g/mol. The van der Waals surface area contributed by atoms with Crippen molar-refractivity contribution >= 4 is 5.97 Å². The van der Waals surface area contributed by atoms with Gasteiger partial charge >= 0.3 is 0 Å². The van der Waals surface area contributed by atoms with Crippen LogP contribution < -0.4 is 9.84 Å². The van der Waals surface area contributed by atoms with Gasteiger partial charge in [0.05, 0.1) is 5.69 Å². The van der Waals surface area contributed by atoms with Crippen molar-refractivity contribution < 1.29 is 14.6 Å². The standard InChI is InChI=1S/C14H13NO3/c16-14(17)9-11-4-6-13(7-5-11)18-10-12-3-1-2-8-15-12/h1-8H,9-10H2,(H,16,17)/p-1. The molecule has 1 heterocycles. The highest BCUT2D eigenvalue weighted by molar-refractivity contribution is 5.67. The lowest BCUT2D eigenvalue weighted by molar-refractivity contribution is -0.304. The molecule has 0 aliphatic heterocycles. The maximum absolute atomic E-state index is 10.4. The number of carbonyl (C=O) groups excluding carboxylic acids is 1. The van der Waals surface area contributed by atoms with Gasteiger partial charge in [-0.15, -0.1) is 0 Å². The number of aliphatic carboxylic acids is 1. The van der Waals surface area contributed by atoms with Crippen LogP contribution in [0.5, 0.6) is 5.75 Å². The number of rotatable bonds is 5. The summed E-state index contributed by atoms with van der Waals surface area (Å²) in [6, 6.07) is 12.5. The van der Waals surface area contributed by atoms with Crippen molar-refractivity contribution in [3.63, 3.8) is 0 Å². The van der Waals surface area contributed by atoms with Crippen molar-refractivity contribution in [2.45, 2.75) is 13.0 Å². The van der Waals surface area contributed by atoms with E-state index in [0.29, 0.717) is 17.9 Å². The van der Waals surface area contributed by atoms with Crippen LogP contribution in [-0.4, -0.2) is 11.0 Å². The topological polar surface area (TPSA) is 62.2 Å². The molecule has 0 saturated carbocycles. The highest BCUT2D eigenvalue weighted by Gasteiger charge is 1.98. The number of hydrogen-bond donors (Lipinski definition) is 0. The smallest absolute Gasteiger partial charge is 0.130 e. The summed E-state index contributed by atoms with van der Waals surface area (Å²) in [4.78, 5) is 14.6. The van der Waals surface area contributed by atoms with Crippen LogP contribution in [0.15, 0.2) is 48.7 Å². The third-order valence-corrected chi connectivity index (χ3v) is 2.38. The number of aromatic nitrogens is 1. The number of carbonyl (C=O) groups is 1. The molecule has 2 rings (SSSR count). The lowest BCUT2D eigenvalue weighted by Crippen LogP contribution is -2.24. The number of hydrogen-bond acceptors (Lipinski definition) is 4. The van der Waals surface area contributed by atoms with Crippen LogP contribution in [0.3, 0.4) is 0 Å². The minimum atomic E-state index is -1.09. The van der Waals surface area contributed by atoms with Gasteiger partial charge in [-0.2, -0.15) is 0 Å². The van der Waals surface area contributed by atoms with E-state index in [1.807, 2.05) is 18.2 Å². The van der Waals surface area contributed by atoms with Crippen LogP contribution in [0.1, 0.15) is 11.3 Å². The third-order valence-electron chi connectivity index (χ3n) is 2.38. The van der Waals surface area contributed by atoms with Crippen molar-refractivity contribution in [2.24, 2.45) is 0 Å². The zero-order valence-corrected chi connectivity index (χ0v) is 9.70. The quantitative estimate of drug-likeness (QED) is 0.783. The minimum absolute atomic E-state index is 0.0828. The van der Waals surface area contributed by atoms with Gasteiger partial charge in [0, 0.05) is 18.6 Å². The molecule has 0 bridgehead atoms. The number of pyridine rings is 1. The first-order chi connectivity index (χ1) is 8.74. The molecule has 0 N–H and O–H groups in total. The summed E-state index contributed by atoms with van der Waals surface area (Å²) < 4.78 is 5.53. The molecule has 0 fully saturated rings. The lowest BCUT2D eigenvalue weighted by atomic mass is 10.1. The highest BCUT2D eigenvalue weighted by atomic mass is 16.5. The van der Waals surface area contributed by atoms with Crippen molar-refractivity contribution in [1.29, 1.82) is 0 Å². The van der Waals surface area contributed by atoms with Crippen molar-refractivity contribution in [1.82, 2.24) is 4.98 Å². The second kappa shape index (κ2) is 5.82. The van der Waals surface area contributed by atoms with Gasteiger partial charge in [0.15, 0.2) is 0 Å². The van der Waals surface area contributed by atoms with Crippen molar-refractivity contribution in [2.75, 3.05) is 0 Å². The fourth-order valence-electron chi connectivity index (χ4n) is 1.51. The molecule has 1 aromatic carbocycles. The van der Waals surface area contributed by atoms with E-state index in [4.69, 9.17) is 4.74 Å². The Morgan fingerprint density at radius 3 is 2.56 bits per heavy atom. The molecule has 1 aromatic heterocycles. The molecule has 92 valence electrons. The van der Waals surface area contributed by atoms with Crippen LogP contribution in [0.2, 0.25) is 0 Å². The lowest BCUT2D eigenvalue weighted by Gasteiger charge is -2.07. The molecule has 0 radical (unpaired) electrons. The minimum Gasteiger partial charge on any atom is -0.550 e. The summed E-state index contributed by atoms with van der Waals surface area (Å²) in [5.41, 5.74) is 1.54. The Bertz CT molecular complexity index is 508. The average molecular weight is 242 g/mol. The van der Waals surface area contributed by atoms with Gasteiger partial charge in [-0.25, -0.2) is 0 Å². The Morgan fingerprint density at radius 1 is 1.17 bits per heavy atom. The molecular weight excluding hydrogens is 230 g/mol. The second-order valence-corrected chi connectivity index (χ2v) is 3.80. The summed E-state index contributed by atoms with van der Waals surface area (Å²) in [5.74, 6) is -0.403. The molecule has 0 amide bonds. The molecule has 0 atom stereocenters. The molecule has 0 aliphatic carbocycles. The zero-order valence-electron chi connectivity index (χ0n) is 9.70. The van der Waals surface area contributed by atoms with Crippen molar-refractivity contribution in [3.8, 4) is 5.75 Å².